The topological polar surface area (TPSA) is 102 Å². The van der Waals surface area contributed by atoms with Gasteiger partial charge in [0.05, 0.1) is 12.3 Å². The molecule has 0 saturated heterocycles. The molecule has 0 spiro atoms. The maximum Gasteiger partial charge on any atom is 0.410 e. The van der Waals surface area contributed by atoms with Crippen molar-refractivity contribution in [1.82, 2.24) is 5.32 Å². The van der Waals surface area contributed by atoms with Crippen LogP contribution in [0.4, 0.5) is 9.18 Å². The Labute approximate surface area is 113 Å². The van der Waals surface area contributed by atoms with Crippen LogP contribution < -0.4 is 5.32 Å². The molecule has 0 aromatic rings. The minimum absolute atomic E-state index is 0.212. The summed E-state index contributed by atoms with van der Waals surface area (Å²) in [5.74, 6) is -1.09. The van der Waals surface area contributed by atoms with Crippen molar-refractivity contribution in [1.29, 1.82) is 0 Å². The van der Waals surface area contributed by atoms with Crippen molar-refractivity contribution >= 4 is 23.1 Å². The SMILES string of the molecule is CCCC(=O)OC(C)OC(=O)NC[C@H](F)CS(=O)O. The summed E-state index contributed by atoms with van der Waals surface area (Å²) in [6.07, 6.45) is -2.88. The quantitative estimate of drug-likeness (QED) is 0.393. The summed E-state index contributed by atoms with van der Waals surface area (Å²) in [5.41, 5.74) is 0. The van der Waals surface area contributed by atoms with Gasteiger partial charge in [-0.3, -0.25) is 4.79 Å². The van der Waals surface area contributed by atoms with E-state index in [0.29, 0.717) is 6.42 Å². The lowest BCUT2D eigenvalue weighted by atomic mass is 10.3. The normalized spacial score (nSPS) is 15.2. The fourth-order valence-corrected chi connectivity index (χ4v) is 1.50. The molecule has 0 aromatic carbocycles. The Bertz CT molecular complexity index is 327. The number of halogens is 1. The van der Waals surface area contributed by atoms with Gasteiger partial charge in [-0.1, -0.05) is 6.92 Å². The second-order valence-corrected chi connectivity index (χ2v) is 4.66. The summed E-state index contributed by atoms with van der Waals surface area (Å²) < 4.78 is 41.0. The first-order chi connectivity index (χ1) is 8.85. The van der Waals surface area contributed by atoms with Crippen molar-refractivity contribution in [2.75, 3.05) is 12.3 Å². The summed E-state index contributed by atoms with van der Waals surface area (Å²) in [4.78, 5) is 22.2. The minimum atomic E-state index is -2.27. The Morgan fingerprint density at radius 2 is 2.05 bits per heavy atom. The van der Waals surface area contributed by atoms with Crippen molar-refractivity contribution in [2.45, 2.75) is 39.2 Å². The first kappa shape index (κ1) is 17.8. The molecule has 7 nitrogen and oxygen atoms in total. The van der Waals surface area contributed by atoms with Crippen LogP contribution in [0.15, 0.2) is 0 Å². The Kier molecular flexibility index (Phi) is 9.06. The van der Waals surface area contributed by atoms with E-state index in [4.69, 9.17) is 9.29 Å². The number of amides is 1. The average Bonchev–Trinajstić information content (AvgIpc) is 2.25. The highest BCUT2D eigenvalue weighted by Crippen LogP contribution is 1.99. The largest absolute Gasteiger partial charge is 0.425 e. The van der Waals surface area contributed by atoms with Crippen LogP contribution in [0.1, 0.15) is 26.7 Å². The van der Waals surface area contributed by atoms with Crippen molar-refractivity contribution < 1.29 is 32.2 Å². The number of hydrogen-bond donors (Lipinski definition) is 2. The number of carbonyl (C=O) groups is 2. The van der Waals surface area contributed by atoms with Crippen LogP contribution in [0.2, 0.25) is 0 Å². The first-order valence-electron chi connectivity index (χ1n) is 5.70. The van der Waals surface area contributed by atoms with Gasteiger partial charge in [-0.25, -0.2) is 13.4 Å². The van der Waals surface area contributed by atoms with Gasteiger partial charge < -0.3 is 19.3 Å². The summed E-state index contributed by atoms with van der Waals surface area (Å²) >= 11 is -2.27. The van der Waals surface area contributed by atoms with Gasteiger partial charge in [0, 0.05) is 13.3 Å². The molecule has 112 valence electrons. The lowest BCUT2D eigenvalue weighted by Crippen LogP contribution is -2.35. The van der Waals surface area contributed by atoms with Crippen LogP contribution in [-0.4, -0.2) is 45.6 Å². The van der Waals surface area contributed by atoms with Crippen LogP contribution in [0, 0.1) is 0 Å². The summed E-state index contributed by atoms with van der Waals surface area (Å²) in [7, 11) is 0. The third-order valence-corrected chi connectivity index (χ3v) is 2.46. The monoisotopic (exact) mass is 299 g/mol. The maximum absolute atomic E-state index is 13.0. The molecule has 0 rings (SSSR count). The summed E-state index contributed by atoms with van der Waals surface area (Å²) in [5, 5.41) is 2.05. The summed E-state index contributed by atoms with van der Waals surface area (Å²) in [6.45, 7) is 2.69. The van der Waals surface area contributed by atoms with Gasteiger partial charge in [0.2, 0.25) is 6.29 Å². The molecular formula is C10H18FNO6S. The molecule has 0 radical (unpaired) electrons. The Morgan fingerprint density at radius 1 is 1.42 bits per heavy atom. The lowest BCUT2D eigenvalue weighted by molar-refractivity contribution is -0.164. The molecule has 0 aliphatic heterocycles. The molecule has 9 heteroatoms. The van der Waals surface area contributed by atoms with E-state index in [1.54, 1.807) is 6.92 Å². The number of alkyl halides is 1. The zero-order valence-corrected chi connectivity index (χ0v) is 11.6. The number of alkyl carbamates (subject to hydrolysis) is 1. The molecule has 2 N–H and O–H groups in total. The van der Waals surface area contributed by atoms with Gasteiger partial charge in [-0.05, 0) is 6.42 Å². The fraction of sp³-hybridized carbons (Fsp3) is 0.800. The number of esters is 1. The van der Waals surface area contributed by atoms with E-state index in [-0.39, 0.29) is 6.42 Å². The van der Waals surface area contributed by atoms with E-state index in [0.717, 1.165) is 0 Å². The third-order valence-electron chi connectivity index (χ3n) is 1.82. The van der Waals surface area contributed by atoms with Gasteiger partial charge in [0.25, 0.3) is 0 Å². The van der Waals surface area contributed by atoms with Gasteiger partial charge in [0.1, 0.15) is 6.17 Å². The van der Waals surface area contributed by atoms with Crippen molar-refractivity contribution in [3.63, 3.8) is 0 Å². The highest BCUT2D eigenvalue weighted by molar-refractivity contribution is 7.79. The van der Waals surface area contributed by atoms with E-state index in [9.17, 15) is 18.2 Å². The van der Waals surface area contributed by atoms with Crippen LogP contribution in [0.3, 0.4) is 0 Å². The molecule has 0 aromatic heterocycles. The zero-order valence-electron chi connectivity index (χ0n) is 10.8. The number of carbonyl (C=O) groups excluding carboxylic acids is 2. The molecule has 1 amide bonds. The molecular weight excluding hydrogens is 281 g/mol. The number of rotatable bonds is 8. The van der Waals surface area contributed by atoms with Crippen molar-refractivity contribution in [2.24, 2.45) is 0 Å². The van der Waals surface area contributed by atoms with E-state index in [2.05, 4.69) is 10.1 Å². The molecule has 2 unspecified atom stereocenters. The second kappa shape index (κ2) is 9.68. The minimum Gasteiger partial charge on any atom is -0.425 e. The lowest BCUT2D eigenvalue weighted by Gasteiger charge is -2.15. The van der Waals surface area contributed by atoms with E-state index in [1.807, 2.05) is 0 Å². The molecule has 3 atom stereocenters. The van der Waals surface area contributed by atoms with Crippen LogP contribution in [-0.2, 0) is 25.3 Å². The average molecular weight is 299 g/mol. The number of hydrogen-bond acceptors (Lipinski definition) is 5. The van der Waals surface area contributed by atoms with Crippen molar-refractivity contribution in [3.05, 3.63) is 0 Å². The van der Waals surface area contributed by atoms with Crippen LogP contribution in [0.5, 0.6) is 0 Å². The van der Waals surface area contributed by atoms with E-state index < -0.39 is 47.9 Å². The Balaban J connectivity index is 3.84. The van der Waals surface area contributed by atoms with Gasteiger partial charge in [0.15, 0.2) is 11.1 Å². The maximum atomic E-state index is 13.0. The zero-order chi connectivity index (χ0) is 14.8. The van der Waals surface area contributed by atoms with Gasteiger partial charge in [-0.15, -0.1) is 0 Å². The Morgan fingerprint density at radius 3 is 2.58 bits per heavy atom. The standard InChI is InChI=1S/C10H18FNO6S/c1-3-4-9(13)17-7(2)18-10(14)12-5-8(11)6-19(15)16/h7-8H,3-6H2,1-2H3,(H,12,14)(H,15,16)/t7?,8-/m0/s1. The fourth-order valence-electron chi connectivity index (χ4n) is 1.07. The van der Waals surface area contributed by atoms with Crippen molar-refractivity contribution in [3.8, 4) is 0 Å². The predicted molar refractivity (Wildman–Crippen MR) is 65.5 cm³/mol. The highest BCUT2D eigenvalue weighted by atomic mass is 32.2. The van der Waals surface area contributed by atoms with Gasteiger partial charge in [-0.2, -0.15) is 0 Å². The second-order valence-electron chi connectivity index (χ2n) is 3.68. The molecule has 0 saturated carbocycles. The molecule has 0 aliphatic rings. The Hall–Kier alpha value is -1.22. The third kappa shape index (κ3) is 10.4. The molecule has 0 aliphatic carbocycles. The smallest absolute Gasteiger partial charge is 0.410 e. The van der Waals surface area contributed by atoms with Crippen LogP contribution in [0.25, 0.3) is 0 Å². The number of ether oxygens (including phenoxy) is 2. The van der Waals surface area contributed by atoms with E-state index in [1.165, 1.54) is 6.92 Å². The van der Waals surface area contributed by atoms with Gasteiger partial charge >= 0.3 is 12.1 Å². The van der Waals surface area contributed by atoms with E-state index >= 15 is 0 Å². The molecule has 19 heavy (non-hydrogen) atoms. The number of nitrogens with one attached hydrogen (secondary N) is 1. The highest BCUT2D eigenvalue weighted by Gasteiger charge is 2.16. The van der Waals surface area contributed by atoms with Crippen LogP contribution >= 0.6 is 0 Å². The first-order valence-corrected chi connectivity index (χ1v) is 6.98. The molecule has 0 fully saturated rings. The predicted octanol–water partition coefficient (Wildman–Crippen LogP) is 0.962. The summed E-state index contributed by atoms with van der Waals surface area (Å²) in [6, 6.07) is 0. The molecule has 0 bridgehead atoms. The molecule has 0 heterocycles.